The average Bonchev–Trinajstić information content (AvgIpc) is 2.70. The Bertz CT molecular complexity index is 735. The minimum absolute atomic E-state index is 0.250. The summed E-state index contributed by atoms with van der Waals surface area (Å²) in [4.78, 5) is 11.3. The Balaban J connectivity index is 2.13. The van der Waals surface area contributed by atoms with Gasteiger partial charge in [-0.2, -0.15) is 0 Å². The molecule has 1 N–H and O–H groups in total. The summed E-state index contributed by atoms with van der Waals surface area (Å²) in [5.74, 6) is 1.14. The Morgan fingerprint density at radius 3 is 2.45 bits per heavy atom. The Hall–Kier alpha value is -2.75. The van der Waals surface area contributed by atoms with Gasteiger partial charge in [0.25, 0.3) is 0 Å². The minimum atomic E-state index is -0.389. The molecule has 0 heterocycles. The molecule has 0 atom stereocenters. The molecule has 0 fully saturated rings. The maximum atomic E-state index is 11.3. The molecule has 2 rings (SSSR count). The van der Waals surface area contributed by atoms with E-state index in [0.717, 1.165) is 17.5 Å². The van der Waals surface area contributed by atoms with Crippen LogP contribution in [0.2, 0.25) is 0 Å². The lowest BCUT2D eigenvalue weighted by Crippen LogP contribution is -1.92. The van der Waals surface area contributed by atoms with Gasteiger partial charge in [-0.1, -0.05) is 30.4 Å². The van der Waals surface area contributed by atoms with Crippen molar-refractivity contribution in [3.05, 3.63) is 69.9 Å². The average molecular weight is 298 g/mol. The lowest BCUT2D eigenvalue weighted by molar-refractivity contribution is 0.354. The van der Waals surface area contributed by atoms with Crippen molar-refractivity contribution < 1.29 is 14.6 Å². The molecular formula is C18H18O4. The molecule has 0 bridgehead atoms. The Morgan fingerprint density at radius 2 is 1.73 bits per heavy atom. The van der Waals surface area contributed by atoms with Crippen molar-refractivity contribution in [3.8, 4) is 17.2 Å². The first kappa shape index (κ1) is 15.6. The molecule has 4 heteroatoms. The third kappa shape index (κ3) is 3.88. The van der Waals surface area contributed by atoms with Crippen molar-refractivity contribution in [1.29, 1.82) is 0 Å². The minimum Gasteiger partial charge on any atom is -0.504 e. The highest BCUT2D eigenvalue weighted by molar-refractivity contribution is 5.50. The van der Waals surface area contributed by atoms with E-state index in [-0.39, 0.29) is 11.2 Å². The monoisotopic (exact) mass is 298 g/mol. The maximum absolute atomic E-state index is 11.3. The Labute approximate surface area is 129 Å². The van der Waals surface area contributed by atoms with Crippen molar-refractivity contribution in [2.75, 3.05) is 14.2 Å². The highest BCUT2D eigenvalue weighted by atomic mass is 16.5. The molecule has 2 aromatic carbocycles. The van der Waals surface area contributed by atoms with Crippen molar-refractivity contribution >= 4 is 6.08 Å². The smallest absolute Gasteiger partial charge is 0.220 e. The molecule has 4 nitrogen and oxygen atoms in total. The third-order valence-corrected chi connectivity index (χ3v) is 3.23. The van der Waals surface area contributed by atoms with Gasteiger partial charge >= 0.3 is 0 Å². The van der Waals surface area contributed by atoms with Gasteiger partial charge in [-0.05, 0) is 41.8 Å². The molecule has 0 aliphatic carbocycles. The zero-order valence-electron chi connectivity index (χ0n) is 12.6. The van der Waals surface area contributed by atoms with Gasteiger partial charge in [0, 0.05) is 0 Å². The SMILES string of the molecule is COc1ccc(C/C=C/c2ccc(O)c(=O)cc2)cc1OC. The fourth-order valence-corrected chi connectivity index (χ4v) is 2.02. The molecule has 0 amide bonds. The molecule has 0 spiro atoms. The lowest BCUT2D eigenvalue weighted by atomic mass is 10.1. The first-order valence-corrected chi connectivity index (χ1v) is 6.85. The summed E-state index contributed by atoms with van der Waals surface area (Å²) in [7, 11) is 3.21. The van der Waals surface area contributed by atoms with Crippen LogP contribution in [0.15, 0.2) is 53.3 Å². The maximum Gasteiger partial charge on any atom is 0.220 e. The summed E-state index contributed by atoms with van der Waals surface area (Å²) >= 11 is 0. The zero-order chi connectivity index (χ0) is 15.9. The highest BCUT2D eigenvalue weighted by Gasteiger charge is 2.03. The molecule has 22 heavy (non-hydrogen) atoms. The van der Waals surface area contributed by atoms with Crippen LogP contribution >= 0.6 is 0 Å². The van der Waals surface area contributed by atoms with Crippen LogP contribution in [0.5, 0.6) is 17.2 Å². The van der Waals surface area contributed by atoms with E-state index in [1.165, 1.54) is 12.1 Å². The summed E-state index contributed by atoms with van der Waals surface area (Å²) in [5, 5.41) is 9.35. The zero-order valence-corrected chi connectivity index (χ0v) is 12.6. The molecule has 0 aliphatic rings. The quantitative estimate of drug-likeness (QED) is 0.922. The van der Waals surface area contributed by atoms with Crippen LogP contribution < -0.4 is 14.9 Å². The summed E-state index contributed by atoms with van der Waals surface area (Å²) < 4.78 is 10.5. The molecule has 0 saturated carbocycles. The summed E-state index contributed by atoms with van der Waals surface area (Å²) in [6.07, 6.45) is 4.60. The van der Waals surface area contributed by atoms with Crippen LogP contribution in [0.4, 0.5) is 0 Å². The fraction of sp³-hybridized carbons (Fsp3) is 0.167. The molecule has 0 aliphatic heterocycles. The van der Waals surface area contributed by atoms with E-state index < -0.39 is 0 Å². The van der Waals surface area contributed by atoms with Gasteiger partial charge < -0.3 is 14.6 Å². The topological polar surface area (TPSA) is 55.8 Å². The van der Waals surface area contributed by atoms with Crippen molar-refractivity contribution in [2.24, 2.45) is 0 Å². The van der Waals surface area contributed by atoms with Crippen LogP contribution in [0.3, 0.4) is 0 Å². The number of hydrogen-bond donors (Lipinski definition) is 1. The van der Waals surface area contributed by atoms with E-state index in [2.05, 4.69) is 0 Å². The number of aromatic hydroxyl groups is 1. The van der Waals surface area contributed by atoms with E-state index >= 15 is 0 Å². The molecule has 0 unspecified atom stereocenters. The van der Waals surface area contributed by atoms with Crippen molar-refractivity contribution in [3.63, 3.8) is 0 Å². The number of allylic oxidation sites excluding steroid dienone is 1. The second-order valence-electron chi connectivity index (χ2n) is 4.71. The van der Waals surface area contributed by atoms with E-state index in [9.17, 15) is 9.90 Å². The van der Waals surface area contributed by atoms with Gasteiger partial charge in [0.15, 0.2) is 17.2 Å². The first-order valence-electron chi connectivity index (χ1n) is 6.85. The Kier molecular flexibility index (Phi) is 5.20. The van der Waals surface area contributed by atoms with Crippen LogP contribution in [0.25, 0.3) is 6.08 Å². The number of rotatable bonds is 5. The third-order valence-electron chi connectivity index (χ3n) is 3.23. The molecule has 0 saturated heterocycles. The molecule has 2 aromatic rings. The van der Waals surface area contributed by atoms with Gasteiger partial charge in [-0.3, -0.25) is 4.79 Å². The predicted molar refractivity (Wildman–Crippen MR) is 86.7 cm³/mol. The second kappa shape index (κ2) is 7.31. The molecular weight excluding hydrogens is 280 g/mol. The van der Waals surface area contributed by atoms with Crippen LogP contribution in [0, 0.1) is 0 Å². The first-order chi connectivity index (χ1) is 10.6. The Morgan fingerprint density at radius 1 is 1.00 bits per heavy atom. The largest absolute Gasteiger partial charge is 0.504 e. The van der Waals surface area contributed by atoms with Crippen molar-refractivity contribution in [1.82, 2.24) is 0 Å². The molecule has 0 radical (unpaired) electrons. The summed E-state index contributed by atoms with van der Waals surface area (Å²) in [6, 6.07) is 11.9. The van der Waals surface area contributed by atoms with Crippen LogP contribution in [-0.2, 0) is 6.42 Å². The van der Waals surface area contributed by atoms with Gasteiger partial charge in [0.1, 0.15) is 0 Å². The normalized spacial score (nSPS) is 10.6. The molecule has 0 aromatic heterocycles. The number of benzene rings is 1. The lowest BCUT2D eigenvalue weighted by Gasteiger charge is -2.08. The highest BCUT2D eigenvalue weighted by Crippen LogP contribution is 2.27. The number of hydrogen-bond acceptors (Lipinski definition) is 4. The summed E-state index contributed by atoms with van der Waals surface area (Å²) in [6.45, 7) is 0. The summed E-state index contributed by atoms with van der Waals surface area (Å²) in [5.41, 5.74) is 1.54. The van der Waals surface area contributed by atoms with Gasteiger partial charge in [0.05, 0.1) is 14.2 Å². The van der Waals surface area contributed by atoms with Gasteiger partial charge in [0.2, 0.25) is 5.43 Å². The van der Waals surface area contributed by atoms with Gasteiger partial charge in [-0.15, -0.1) is 0 Å². The van der Waals surface area contributed by atoms with Gasteiger partial charge in [-0.25, -0.2) is 0 Å². The number of methoxy groups -OCH3 is 2. The second-order valence-corrected chi connectivity index (χ2v) is 4.71. The van der Waals surface area contributed by atoms with E-state index in [1.54, 1.807) is 26.4 Å². The fourth-order valence-electron chi connectivity index (χ4n) is 2.02. The van der Waals surface area contributed by atoms with Crippen LogP contribution in [-0.4, -0.2) is 19.3 Å². The van der Waals surface area contributed by atoms with Crippen LogP contribution in [0.1, 0.15) is 11.1 Å². The van der Waals surface area contributed by atoms with E-state index in [0.29, 0.717) is 11.5 Å². The van der Waals surface area contributed by atoms with E-state index in [1.807, 2.05) is 30.4 Å². The predicted octanol–water partition coefficient (Wildman–Crippen LogP) is 3.03. The van der Waals surface area contributed by atoms with E-state index in [4.69, 9.17) is 9.47 Å². The number of ether oxygens (including phenoxy) is 2. The standard InChI is InChI=1S/C18H18O4/c1-21-17-11-8-14(12-18(17)22-2)5-3-4-13-6-9-15(19)16(20)10-7-13/h3-4,6-12H,5H2,1-2H3,(H,19,20)/b4-3+. The molecule has 114 valence electrons. The van der Waals surface area contributed by atoms with Crippen molar-refractivity contribution in [2.45, 2.75) is 6.42 Å².